The number of piperidine rings is 1. The van der Waals surface area contributed by atoms with Gasteiger partial charge in [0, 0.05) is 12.0 Å². The van der Waals surface area contributed by atoms with Crippen LogP contribution in [0, 0.1) is 11.6 Å². The van der Waals surface area contributed by atoms with Crippen LogP contribution in [-0.4, -0.2) is 34.7 Å². The Morgan fingerprint density at radius 1 is 1.19 bits per heavy atom. The van der Waals surface area contributed by atoms with Crippen LogP contribution in [0.4, 0.5) is 8.78 Å². The van der Waals surface area contributed by atoms with E-state index in [1.165, 1.54) is 12.5 Å². The highest BCUT2D eigenvalue weighted by atomic mass is 19.2. The molecule has 1 aromatic rings. The van der Waals surface area contributed by atoms with Crippen LogP contribution in [-0.2, 0) is 6.42 Å². The zero-order valence-electron chi connectivity index (χ0n) is 12.9. The number of likely N-dealkylation sites (tertiary alicyclic amines) is 1. The maximum Gasteiger partial charge on any atom is 0.159 e. The Kier molecular flexibility index (Phi) is 5.33. The van der Waals surface area contributed by atoms with Gasteiger partial charge in [-0.1, -0.05) is 19.4 Å². The number of nitrogens with zero attached hydrogens (tertiary/aromatic N) is 1. The molecule has 2 unspecified atom stereocenters. The third-order valence-corrected chi connectivity index (χ3v) is 4.93. The molecule has 0 amide bonds. The van der Waals surface area contributed by atoms with Crippen molar-refractivity contribution in [2.75, 3.05) is 13.1 Å². The Balaban J connectivity index is 2.11. The van der Waals surface area contributed by atoms with Gasteiger partial charge in [0.25, 0.3) is 0 Å². The molecule has 21 heavy (non-hydrogen) atoms. The van der Waals surface area contributed by atoms with Crippen molar-refractivity contribution in [2.24, 2.45) is 0 Å². The van der Waals surface area contributed by atoms with Gasteiger partial charge in [0.2, 0.25) is 0 Å². The fraction of sp³-hybridized carbons (Fsp3) is 0.647. The van der Waals surface area contributed by atoms with E-state index in [2.05, 4.69) is 18.7 Å². The second-order valence-electron chi connectivity index (χ2n) is 6.23. The number of hydrogen-bond donors (Lipinski definition) is 1. The average Bonchev–Trinajstić information content (AvgIpc) is 2.51. The fourth-order valence-electron chi connectivity index (χ4n) is 3.18. The minimum absolute atomic E-state index is 0.314. The van der Waals surface area contributed by atoms with E-state index in [-0.39, 0.29) is 5.54 Å². The van der Waals surface area contributed by atoms with Crippen LogP contribution < -0.4 is 0 Å². The standard InChI is InChI=1S/C17H25F2NO/c1-3-17(2,20-9-5-4-6-10-20)16(21)12-13-7-8-14(18)15(19)11-13/h7-8,11,16,21H,3-6,9-10,12H2,1-2H3. The molecule has 0 spiro atoms. The van der Waals surface area contributed by atoms with Crippen LogP contribution in [0.1, 0.15) is 45.1 Å². The molecule has 1 saturated heterocycles. The molecule has 1 aliphatic heterocycles. The van der Waals surface area contributed by atoms with Crippen molar-refractivity contribution in [3.05, 3.63) is 35.4 Å². The normalized spacial score (nSPS) is 21.0. The first-order valence-corrected chi connectivity index (χ1v) is 7.84. The molecule has 0 bridgehead atoms. The molecule has 1 N–H and O–H groups in total. The fourth-order valence-corrected chi connectivity index (χ4v) is 3.18. The summed E-state index contributed by atoms with van der Waals surface area (Å²) in [6.07, 6.45) is 4.15. The van der Waals surface area contributed by atoms with Crippen LogP contribution in [0.3, 0.4) is 0 Å². The first-order chi connectivity index (χ1) is 9.97. The number of aliphatic hydroxyl groups excluding tert-OH is 1. The predicted molar refractivity (Wildman–Crippen MR) is 80.2 cm³/mol. The molecule has 4 heteroatoms. The predicted octanol–water partition coefficient (Wildman–Crippen LogP) is 3.52. The number of hydrogen-bond acceptors (Lipinski definition) is 2. The van der Waals surface area contributed by atoms with E-state index in [4.69, 9.17) is 0 Å². The van der Waals surface area contributed by atoms with E-state index < -0.39 is 17.7 Å². The molecular weight excluding hydrogens is 272 g/mol. The Labute approximate surface area is 125 Å². The minimum atomic E-state index is -0.851. The maximum absolute atomic E-state index is 13.3. The molecule has 1 aromatic carbocycles. The smallest absolute Gasteiger partial charge is 0.159 e. The highest BCUT2D eigenvalue weighted by Gasteiger charge is 2.37. The van der Waals surface area contributed by atoms with Gasteiger partial charge in [-0.05, 0) is 57.0 Å². The highest BCUT2D eigenvalue weighted by molar-refractivity contribution is 5.19. The first kappa shape index (κ1) is 16.4. The third kappa shape index (κ3) is 3.61. The van der Waals surface area contributed by atoms with Gasteiger partial charge in [-0.3, -0.25) is 4.90 Å². The Morgan fingerprint density at radius 2 is 1.86 bits per heavy atom. The summed E-state index contributed by atoms with van der Waals surface area (Å²) in [4.78, 5) is 2.35. The van der Waals surface area contributed by atoms with Crippen molar-refractivity contribution in [1.82, 2.24) is 4.90 Å². The molecule has 0 saturated carbocycles. The maximum atomic E-state index is 13.3. The molecule has 0 aromatic heterocycles. The molecule has 1 heterocycles. The lowest BCUT2D eigenvalue weighted by atomic mass is 9.84. The average molecular weight is 297 g/mol. The van der Waals surface area contributed by atoms with Crippen molar-refractivity contribution in [3.8, 4) is 0 Å². The zero-order valence-corrected chi connectivity index (χ0v) is 12.9. The van der Waals surface area contributed by atoms with Crippen molar-refractivity contribution in [2.45, 2.75) is 57.6 Å². The summed E-state index contributed by atoms with van der Waals surface area (Å²) < 4.78 is 26.3. The van der Waals surface area contributed by atoms with E-state index in [0.29, 0.717) is 12.0 Å². The van der Waals surface area contributed by atoms with Crippen molar-refractivity contribution < 1.29 is 13.9 Å². The Bertz CT molecular complexity index is 474. The molecule has 1 aliphatic rings. The lowest BCUT2D eigenvalue weighted by Gasteiger charge is -2.46. The second kappa shape index (κ2) is 6.84. The quantitative estimate of drug-likeness (QED) is 0.899. The van der Waals surface area contributed by atoms with Gasteiger partial charge >= 0.3 is 0 Å². The number of halogens is 2. The van der Waals surface area contributed by atoms with E-state index in [9.17, 15) is 13.9 Å². The molecule has 118 valence electrons. The summed E-state index contributed by atoms with van der Waals surface area (Å²) in [5.41, 5.74) is 0.323. The van der Waals surface area contributed by atoms with Crippen molar-refractivity contribution in [3.63, 3.8) is 0 Å². The van der Waals surface area contributed by atoms with Crippen molar-refractivity contribution >= 4 is 0 Å². The van der Waals surface area contributed by atoms with Gasteiger partial charge in [0.05, 0.1) is 6.10 Å². The molecule has 1 fully saturated rings. The largest absolute Gasteiger partial charge is 0.391 e. The van der Waals surface area contributed by atoms with Gasteiger partial charge < -0.3 is 5.11 Å². The molecule has 2 rings (SSSR count). The lowest BCUT2D eigenvalue weighted by molar-refractivity contribution is -0.0328. The van der Waals surface area contributed by atoms with E-state index in [1.807, 2.05) is 0 Å². The topological polar surface area (TPSA) is 23.5 Å². The molecule has 2 nitrogen and oxygen atoms in total. The summed E-state index contributed by atoms with van der Waals surface area (Å²) >= 11 is 0. The minimum Gasteiger partial charge on any atom is -0.391 e. The van der Waals surface area contributed by atoms with Gasteiger partial charge in [0.15, 0.2) is 11.6 Å². The van der Waals surface area contributed by atoms with Crippen LogP contribution in [0.2, 0.25) is 0 Å². The van der Waals surface area contributed by atoms with Gasteiger partial charge in [-0.2, -0.15) is 0 Å². The number of aliphatic hydroxyl groups is 1. The van der Waals surface area contributed by atoms with Gasteiger partial charge in [-0.25, -0.2) is 8.78 Å². The van der Waals surface area contributed by atoms with E-state index in [0.717, 1.165) is 38.4 Å². The van der Waals surface area contributed by atoms with Crippen LogP contribution in [0.5, 0.6) is 0 Å². The van der Waals surface area contributed by atoms with Crippen molar-refractivity contribution in [1.29, 1.82) is 0 Å². The van der Waals surface area contributed by atoms with Gasteiger partial charge in [-0.15, -0.1) is 0 Å². The molecular formula is C17H25F2NO. The lowest BCUT2D eigenvalue weighted by Crippen LogP contribution is -2.56. The molecule has 2 atom stereocenters. The number of benzene rings is 1. The summed E-state index contributed by atoms with van der Waals surface area (Å²) in [7, 11) is 0. The molecule has 0 radical (unpaired) electrons. The van der Waals surface area contributed by atoms with E-state index in [1.54, 1.807) is 6.07 Å². The SMILES string of the molecule is CCC(C)(C(O)Cc1ccc(F)c(F)c1)N1CCCCC1. The summed E-state index contributed by atoms with van der Waals surface area (Å²) in [5.74, 6) is -1.70. The highest BCUT2D eigenvalue weighted by Crippen LogP contribution is 2.29. The molecule has 0 aliphatic carbocycles. The summed E-state index contributed by atoms with van der Waals surface area (Å²) in [5, 5.41) is 10.7. The van der Waals surface area contributed by atoms with Crippen LogP contribution >= 0.6 is 0 Å². The van der Waals surface area contributed by atoms with Crippen LogP contribution in [0.25, 0.3) is 0 Å². The Hall–Kier alpha value is -1.00. The second-order valence-corrected chi connectivity index (χ2v) is 6.23. The summed E-state index contributed by atoms with van der Waals surface area (Å²) in [6, 6.07) is 3.86. The third-order valence-electron chi connectivity index (χ3n) is 4.93. The van der Waals surface area contributed by atoms with Crippen LogP contribution in [0.15, 0.2) is 18.2 Å². The van der Waals surface area contributed by atoms with E-state index >= 15 is 0 Å². The number of rotatable bonds is 5. The van der Waals surface area contributed by atoms with Gasteiger partial charge in [0.1, 0.15) is 0 Å². The first-order valence-electron chi connectivity index (χ1n) is 7.84. The monoisotopic (exact) mass is 297 g/mol. The summed E-state index contributed by atoms with van der Waals surface area (Å²) in [6.45, 7) is 6.14. The zero-order chi connectivity index (χ0) is 15.5. The Morgan fingerprint density at radius 3 is 2.43 bits per heavy atom.